The highest BCUT2D eigenvalue weighted by molar-refractivity contribution is 6.25. The van der Waals surface area contributed by atoms with Crippen molar-refractivity contribution in [2.45, 2.75) is 12.1 Å². The highest BCUT2D eigenvalue weighted by Crippen LogP contribution is 2.45. The molecule has 1 N–H and O–H groups in total. The fourth-order valence-electron chi connectivity index (χ4n) is 5.53. The predicted octanol–water partition coefficient (Wildman–Crippen LogP) is 2.46. The standard InChI is InChI=1S/C25H17N3O2/c26-14-20-21-22(23-18-10-4-2-7-16(18)12-13-27(20)23)25(30)28(24(21)29)19-11-5-8-15-6-1-3-9-17(15)19/h1-13,20-23H/p+1/t20-,21+,22+,23-/m0/s1. The molecule has 2 fully saturated rings. The Morgan fingerprint density at radius 3 is 2.47 bits per heavy atom. The molecule has 3 aromatic carbocycles. The monoisotopic (exact) mass is 392 g/mol. The van der Waals surface area contributed by atoms with Gasteiger partial charge >= 0.3 is 0 Å². The van der Waals surface area contributed by atoms with Crippen LogP contribution >= 0.6 is 0 Å². The van der Waals surface area contributed by atoms with Crippen LogP contribution in [0.1, 0.15) is 17.2 Å². The van der Waals surface area contributed by atoms with Gasteiger partial charge in [-0.15, -0.1) is 0 Å². The first kappa shape index (κ1) is 17.1. The molecule has 144 valence electrons. The van der Waals surface area contributed by atoms with Gasteiger partial charge in [0.15, 0.2) is 6.04 Å². The lowest BCUT2D eigenvalue weighted by Crippen LogP contribution is -3.10. The second kappa shape index (κ2) is 6.12. The molecule has 3 aromatic rings. The highest BCUT2D eigenvalue weighted by atomic mass is 16.2. The van der Waals surface area contributed by atoms with Gasteiger partial charge in [0.2, 0.25) is 11.8 Å². The summed E-state index contributed by atoms with van der Waals surface area (Å²) >= 11 is 0. The molecular formula is C25H18N3O2+. The van der Waals surface area contributed by atoms with Crippen LogP contribution in [0.15, 0.2) is 72.9 Å². The van der Waals surface area contributed by atoms with Crippen molar-refractivity contribution in [3.63, 3.8) is 0 Å². The Bertz CT molecular complexity index is 1300. The van der Waals surface area contributed by atoms with Crippen LogP contribution in [0.4, 0.5) is 5.69 Å². The topological polar surface area (TPSA) is 65.6 Å². The van der Waals surface area contributed by atoms with Crippen LogP contribution < -0.4 is 9.80 Å². The Morgan fingerprint density at radius 1 is 0.867 bits per heavy atom. The number of quaternary nitrogens is 1. The fraction of sp³-hybridized carbons (Fsp3) is 0.160. The maximum atomic E-state index is 13.7. The number of imide groups is 1. The van der Waals surface area contributed by atoms with Crippen molar-refractivity contribution in [3.05, 3.63) is 84.1 Å². The van der Waals surface area contributed by atoms with E-state index in [4.69, 9.17) is 0 Å². The van der Waals surface area contributed by atoms with Gasteiger partial charge < -0.3 is 0 Å². The number of nitrogens with zero attached hydrogens (tertiary/aromatic N) is 2. The second-order valence-electron chi connectivity index (χ2n) is 8.11. The predicted molar refractivity (Wildman–Crippen MR) is 112 cm³/mol. The van der Waals surface area contributed by atoms with Gasteiger partial charge in [0.05, 0.1) is 11.9 Å². The maximum absolute atomic E-state index is 13.7. The SMILES string of the molecule is N#C[C@H]1[C@H]2C(=O)N(c3cccc4ccccc34)C(=O)[C@H]2[C@@H]2c3ccccc3C=C[NH+]12. The normalized spacial score (nSPS) is 28.9. The number of hydrogen-bond acceptors (Lipinski definition) is 3. The van der Waals surface area contributed by atoms with Crippen LogP contribution in [0.5, 0.6) is 0 Å². The van der Waals surface area contributed by atoms with Crippen molar-refractivity contribution in [1.82, 2.24) is 0 Å². The van der Waals surface area contributed by atoms with E-state index in [1.54, 1.807) is 0 Å². The minimum atomic E-state index is -0.641. The van der Waals surface area contributed by atoms with Crippen molar-refractivity contribution in [2.75, 3.05) is 4.90 Å². The molecule has 0 bridgehead atoms. The molecule has 0 saturated carbocycles. The Hall–Kier alpha value is -3.75. The lowest BCUT2D eigenvalue weighted by molar-refractivity contribution is -0.885. The Labute approximate surface area is 173 Å². The van der Waals surface area contributed by atoms with E-state index in [0.29, 0.717) is 5.69 Å². The average molecular weight is 392 g/mol. The van der Waals surface area contributed by atoms with Crippen LogP contribution in [0.25, 0.3) is 16.8 Å². The average Bonchev–Trinajstić information content (AvgIpc) is 3.26. The van der Waals surface area contributed by atoms with Gasteiger partial charge in [0.25, 0.3) is 0 Å². The number of anilines is 1. The van der Waals surface area contributed by atoms with Gasteiger partial charge in [-0.1, -0.05) is 60.7 Å². The van der Waals surface area contributed by atoms with E-state index in [9.17, 15) is 14.9 Å². The lowest BCUT2D eigenvalue weighted by atomic mass is 9.85. The molecule has 30 heavy (non-hydrogen) atoms. The zero-order chi connectivity index (χ0) is 20.4. The summed E-state index contributed by atoms with van der Waals surface area (Å²) in [6.45, 7) is 0. The summed E-state index contributed by atoms with van der Waals surface area (Å²) in [5, 5.41) is 11.8. The number of rotatable bonds is 1. The van der Waals surface area contributed by atoms with E-state index < -0.39 is 17.9 Å². The first-order valence-electron chi connectivity index (χ1n) is 10.1. The Morgan fingerprint density at radius 2 is 1.60 bits per heavy atom. The van der Waals surface area contributed by atoms with E-state index in [-0.39, 0.29) is 17.9 Å². The molecule has 0 aliphatic carbocycles. The number of nitrogens with one attached hydrogen (secondary N) is 1. The molecule has 5 nitrogen and oxygen atoms in total. The molecule has 3 heterocycles. The molecule has 5 atom stereocenters. The summed E-state index contributed by atoms with van der Waals surface area (Å²) in [5.74, 6) is -1.65. The Balaban J connectivity index is 1.52. The maximum Gasteiger partial charge on any atom is 0.245 e. The van der Waals surface area contributed by atoms with Crippen LogP contribution in [-0.2, 0) is 9.59 Å². The lowest BCUT2D eigenvalue weighted by Gasteiger charge is -2.29. The van der Waals surface area contributed by atoms with Gasteiger partial charge in [-0.05, 0) is 23.1 Å². The number of carbonyl (C=O) groups is 2. The van der Waals surface area contributed by atoms with Crippen LogP contribution in [0.2, 0.25) is 0 Å². The van der Waals surface area contributed by atoms with Gasteiger partial charge in [-0.2, -0.15) is 5.26 Å². The first-order valence-corrected chi connectivity index (χ1v) is 10.1. The molecule has 2 amide bonds. The quantitative estimate of drug-likeness (QED) is 0.647. The number of fused-ring (bicyclic) bond motifs is 6. The number of nitriles is 1. The molecule has 6 rings (SSSR count). The second-order valence-corrected chi connectivity index (χ2v) is 8.11. The molecule has 1 unspecified atom stereocenters. The molecule has 0 radical (unpaired) electrons. The molecule has 3 aliphatic heterocycles. The van der Waals surface area contributed by atoms with Crippen molar-refractivity contribution in [1.29, 1.82) is 5.26 Å². The third-order valence-electron chi connectivity index (χ3n) is 6.77. The van der Waals surface area contributed by atoms with Crippen molar-refractivity contribution in [3.8, 4) is 6.07 Å². The van der Waals surface area contributed by atoms with Crippen molar-refractivity contribution in [2.24, 2.45) is 11.8 Å². The third kappa shape index (κ3) is 2.09. The molecular weight excluding hydrogens is 374 g/mol. The largest absolute Gasteiger partial charge is 0.287 e. The molecule has 2 saturated heterocycles. The third-order valence-corrected chi connectivity index (χ3v) is 6.77. The first-order chi connectivity index (χ1) is 14.7. The number of amides is 2. The van der Waals surface area contributed by atoms with E-state index >= 15 is 0 Å². The zero-order valence-corrected chi connectivity index (χ0v) is 16.0. The smallest absolute Gasteiger partial charge is 0.245 e. The minimum absolute atomic E-state index is 0.202. The van der Waals surface area contributed by atoms with Gasteiger partial charge in [-0.25, -0.2) is 4.90 Å². The van der Waals surface area contributed by atoms with E-state index in [0.717, 1.165) is 26.8 Å². The van der Waals surface area contributed by atoms with Gasteiger partial charge in [0, 0.05) is 10.9 Å². The van der Waals surface area contributed by atoms with Crippen molar-refractivity contribution < 1.29 is 14.5 Å². The van der Waals surface area contributed by atoms with Crippen molar-refractivity contribution >= 4 is 34.4 Å². The summed E-state index contributed by atoms with van der Waals surface area (Å²) in [5.41, 5.74) is 2.69. The summed E-state index contributed by atoms with van der Waals surface area (Å²) in [6, 6.07) is 22.9. The summed E-state index contributed by atoms with van der Waals surface area (Å²) in [7, 11) is 0. The van der Waals surface area contributed by atoms with Crippen LogP contribution in [-0.4, -0.2) is 17.9 Å². The molecule has 0 aromatic heterocycles. The van der Waals surface area contributed by atoms with E-state index in [1.807, 2.05) is 79.0 Å². The van der Waals surface area contributed by atoms with Crippen LogP contribution in [0.3, 0.4) is 0 Å². The molecule has 5 heteroatoms. The summed E-state index contributed by atoms with van der Waals surface area (Å²) < 4.78 is 0. The molecule has 0 spiro atoms. The number of hydrogen-bond donors (Lipinski definition) is 1. The van der Waals surface area contributed by atoms with Gasteiger partial charge in [0.1, 0.15) is 23.9 Å². The van der Waals surface area contributed by atoms with Gasteiger partial charge in [-0.3, -0.25) is 14.5 Å². The molecule has 3 aliphatic rings. The number of benzene rings is 3. The highest BCUT2D eigenvalue weighted by Gasteiger charge is 2.66. The summed E-state index contributed by atoms with van der Waals surface area (Å²) in [4.78, 5) is 29.5. The minimum Gasteiger partial charge on any atom is -0.287 e. The summed E-state index contributed by atoms with van der Waals surface area (Å²) in [6.07, 6.45) is 3.94. The number of carbonyl (C=O) groups excluding carboxylic acids is 2. The Kier molecular flexibility index (Phi) is 3.50. The zero-order valence-electron chi connectivity index (χ0n) is 16.0. The fourth-order valence-corrected chi connectivity index (χ4v) is 5.53. The van der Waals surface area contributed by atoms with E-state index in [2.05, 4.69) is 6.07 Å². The van der Waals surface area contributed by atoms with E-state index in [1.165, 1.54) is 4.90 Å². The van der Waals surface area contributed by atoms with Crippen LogP contribution in [0, 0.1) is 23.2 Å².